The summed E-state index contributed by atoms with van der Waals surface area (Å²) in [5.74, 6) is 0.598. The van der Waals surface area contributed by atoms with Crippen molar-refractivity contribution in [1.29, 1.82) is 0 Å². The molecule has 70 valence electrons. The van der Waals surface area contributed by atoms with Crippen LogP contribution in [0, 0.1) is 12.5 Å². The number of ether oxygens (including phenoxy) is 1. The molecule has 1 aromatic carbocycles. The molecular formula is C11H13CsOS. The predicted octanol–water partition coefficient (Wildman–Crippen LogP) is 0.327. The second kappa shape index (κ2) is 7.02. The summed E-state index contributed by atoms with van der Waals surface area (Å²) in [6.07, 6.45) is 1.12. The van der Waals surface area contributed by atoms with E-state index in [2.05, 4.69) is 31.2 Å². The summed E-state index contributed by atoms with van der Waals surface area (Å²) in [6, 6.07) is 10.4. The van der Waals surface area contributed by atoms with Gasteiger partial charge >= 0.3 is 68.9 Å². The van der Waals surface area contributed by atoms with Crippen LogP contribution in [0.2, 0.25) is 0 Å². The Morgan fingerprint density at radius 1 is 1.36 bits per heavy atom. The molecule has 0 N–H and O–H groups in total. The Labute approximate surface area is 149 Å². The minimum atomic E-state index is 0. The van der Waals surface area contributed by atoms with E-state index in [0.29, 0.717) is 11.4 Å². The molecule has 0 bridgehead atoms. The number of rotatable bonds is 2. The van der Waals surface area contributed by atoms with Gasteiger partial charge in [-0.25, -0.2) is 6.61 Å². The van der Waals surface area contributed by atoms with Crippen LogP contribution in [-0.4, -0.2) is 5.44 Å². The fourth-order valence-corrected chi connectivity index (χ4v) is 2.50. The third-order valence-corrected chi connectivity index (χ3v) is 3.15. The molecule has 1 nitrogen and oxygen atoms in total. The summed E-state index contributed by atoms with van der Waals surface area (Å²) in [5, 5.41) is 0. The molecule has 0 aliphatic carbocycles. The van der Waals surface area contributed by atoms with Crippen molar-refractivity contribution in [3.05, 3.63) is 36.9 Å². The normalized spacial score (nSPS) is 25.8. The van der Waals surface area contributed by atoms with Crippen molar-refractivity contribution in [2.45, 2.75) is 23.7 Å². The number of hydrogen-bond donors (Lipinski definition) is 0. The Hall–Kier alpha value is 1.58. The number of thioether (sulfide) groups is 1. The molecule has 1 fully saturated rings. The zero-order valence-electron chi connectivity index (χ0n) is 8.64. The van der Waals surface area contributed by atoms with Gasteiger partial charge in [-0.3, -0.25) is 0 Å². The third kappa shape index (κ3) is 4.22. The van der Waals surface area contributed by atoms with Crippen LogP contribution in [0.3, 0.4) is 0 Å². The maximum Gasteiger partial charge on any atom is 1.00 e. The number of hydrogen-bond acceptors (Lipinski definition) is 2. The standard InChI is InChI=1S/C11H13OS.Cs/c1-9-7-11(12-8-9)13-10-5-3-2-4-6-10;/h2-6,8-9,11H,7H2,1H3;/q-1;+1/t9-,11?;/m1./s1. The van der Waals surface area contributed by atoms with Gasteiger partial charge in [0.2, 0.25) is 0 Å². The summed E-state index contributed by atoms with van der Waals surface area (Å²) >= 11 is 1.80. The van der Waals surface area contributed by atoms with Crippen molar-refractivity contribution in [3.8, 4) is 0 Å². The van der Waals surface area contributed by atoms with E-state index in [0.717, 1.165) is 6.42 Å². The van der Waals surface area contributed by atoms with E-state index in [4.69, 9.17) is 4.74 Å². The van der Waals surface area contributed by atoms with Gasteiger partial charge in [0.1, 0.15) is 0 Å². The molecule has 2 atom stereocenters. The molecular weight excluding hydrogens is 313 g/mol. The van der Waals surface area contributed by atoms with E-state index in [1.54, 1.807) is 11.8 Å². The average Bonchev–Trinajstić information content (AvgIpc) is 2.53. The molecule has 0 aromatic heterocycles. The molecule has 3 heteroatoms. The molecule has 0 amide bonds. The summed E-state index contributed by atoms with van der Waals surface area (Å²) < 4.78 is 5.51. The van der Waals surface area contributed by atoms with E-state index < -0.39 is 0 Å². The van der Waals surface area contributed by atoms with Crippen molar-refractivity contribution < 1.29 is 73.6 Å². The van der Waals surface area contributed by atoms with E-state index in [9.17, 15) is 0 Å². The van der Waals surface area contributed by atoms with Crippen LogP contribution in [0.4, 0.5) is 0 Å². The summed E-state index contributed by atoms with van der Waals surface area (Å²) in [6.45, 7) is 4.13. The van der Waals surface area contributed by atoms with E-state index >= 15 is 0 Å². The molecule has 14 heavy (non-hydrogen) atoms. The minimum absolute atomic E-state index is 0. The Morgan fingerprint density at radius 2 is 2.07 bits per heavy atom. The maximum absolute atomic E-state index is 5.51. The largest absolute Gasteiger partial charge is 1.00 e. The first-order chi connectivity index (χ1) is 6.34. The molecule has 1 aliphatic rings. The monoisotopic (exact) mass is 326 g/mol. The fraction of sp³-hybridized carbons (Fsp3) is 0.364. The molecule has 1 saturated heterocycles. The summed E-state index contributed by atoms with van der Waals surface area (Å²) in [4.78, 5) is 1.29. The van der Waals surface area contributed by atoms with Crippen LogP contribution in [-0.2, 0) is 4.74 Å². The third-order valence-electron chi connectivity index (χ3n) is 2.04. The molecule has 1 aromatic rings. The van der Waals surface area contributed by atoms with Crippen LogP contribution >= 0.6 is 11.8 Å². The molecule has 1 heterocycles. The van der Waals surface area contributed by atoms with Gasteiger partial charge in [-0.15, -0.1) is 5.92 Å². The Balaban J connectivity index is 0.000000980. The van der Waals surface area contributed by atoms with Crippen LogP contribution in [0.1, 0.15) is 13.3 Å². The van der Waals surface area contributed by atoms with Gasteiger partial charge in [0.15, 0.2) is 0 Å². The Bertz CT molecular complexity index is 265. The molecule has 0 spiro atoms. The molecule has 0 saturated carbocycles. The zero-order valence-corrected chi connectivity index (χ0v) is 15.7. The van der Waals surface area contributed by atoms with Gasteiger partial charge in [0.05, 0.1) is 5.44 Å². The first-order valence-electron chi connectivity index (χ1n) is 4.55. The van der Waals surface area contributed by atoms with E-state index in [1.807, 2.05) is 12.7 Å². The van der Waals surface area contributed by atoms with Gasteiger partial charge in [0, 0.05) is 4.90 Å². The predicted molar refractivity (Wildman–Crippen MR) is 55.3 cm³/mol. The summed E-state index contributed by atoms with van der Waals surface area (Å²) in [5.41, 5.74) is 0.317. The van der Waals surface area contributed by atoms with Gasteiger partial charge in [-0.2, -0.15) is 0 Å². The minimum Gasteiger partial charge on any atom is -0.542 e. The Kier molecular flexibility index (Phi) is 6.84. The quantitative estimate of drug-likeness (QED) is 0.725. The van der Waals surface area contributed by atoms with Crippen molar-refractivity contribution in [1.82, 2.24) is 0 Å². The summed E-state index contributed by atoms with van der Waals surface area (Å²) in [7, 11) is 0. The molecule has 1 aliphatic heterocycles. The van der Waals surface area contributed by atoms with Crippen molar-refractivity contribution >= 4 is 11.8 Å². The van der Waals surface area contributed by atoms with Crippen molar-refractivity contribution in [2.24, 2.45) is 5.92 Å². The molecule has 2 rings (SSSR count). The van der Waals surface area contributed by atoms with Gasteiger partial charge in [-0.05, 0) is 18.6 Å². The van der Waals surface area contributed by atoms with Crippen molar-refractivity contribution in [2.75, 3.05) is 0 Å². The van der Waals surface area contributed by atoms with Gasteiger partial charge in [0.25, 0.3) is 0 Å². The topological polar surface area (TPSA) is 9.23 Å². The van der Waals surface area contributed by atoms with E-state index in [1.165, 1.54) is 4.90 Å². The van der Waals surface area contributed by atoms with Crippen molar-refractivity contribution in [3.63, 3.8) is 0 Å². The van der Waals surface area contributed by atoms with Crippen LogP contribution < -0.4 is 68.9 Å². The SMILES string of the molecule is C[C@H]1[CH-]OC(Sc2ccccc2)C1.[Cs+]. The first-order valence-corrected chi connectivity index (χ1v) is 5.43. The smallest absolute Gasteiger partial charge is 0.542 e. The fourth-order valence-electron chi connectivity index (χ4n) is 1.36. The zero-order chi connectivity index (χ0) is 9.10. The van der Waals surface area contributed by atoms with Crippen LogP contribution in [0.15, 0.2) is 35.2 Å². The van der Waals surface area contributed by atoms with Gasteiger partial charge < -0.3 is 4.74 Å². The molecule has 0 radical (unpaired) electrons. The average molecular weight is 326 g/mol. The maximum atomic E-state index is 5.51. The Morgan fingerprint density at radius 3 is 2.64 bits per heavy atom. The van der Waals surface area contributed by atoms with Crippen LogP contribution in [0.25, 0.3) is 0 Å². The second-order valence-electron chi connectivity index (χ2n) is 3.35. The first kappa shape index (κ1) is 13.6. The van der Waals surface area contributed by atoms with Crippen LogP contribution in [0.5, 0.6) is 0 Å². The second-order valence-corrected chi connectivity index (χ2v) is 4.58. The van der Waals surface area contributed by atoms with E-state index in [-0.39, 0.29) is 68.9 Å². The van der Waals surface area contributed by atoms with Gasteiger partial charge in [-0.1, -0.05) is 36.9 Å². The molecule has 1 unspecified atom stereocenters. The number of benzene rings is 1.